The van der Waals surface area contributed by atoms with Crippen molar-refractivity contribution in [2.24, 2.45) is 10.1 Å². The second-order valence-corrected chi connectivity index (χ2v) is 7.22. The Kier molecular flexibility index (Phi) is 5.67. The fourth-order valence-electron chi connectivity index (χ4n) is 3.26. The van der Waals surface area contributed by atoms with Gasteiger partial charge >= 0.3 is 0 Å². The average molecular weight is 407 g/mol. The highest BCUT2D eigenvalue weighted by molar-refractivity contribution is 6.33. The highest BCUT2D eigenvalue weighted by Crippen LogP contribution is 2.23. The SMILES string of the molecule is CC(=O)c1ccc(C2=CC(=c3ccc(=C(C)[O-])cc3)C=N/C2=N\[n+]2ccccc2)cc1. The molecule has 5 nitrogen and oxygen atoms in total. The van der Waals surface area contributed by atoms with Gasteiger partial charge < -0.3 is 5.11 Å². The van der Waals surface area contributed by atoms with Crippen molar-refractivity contribution in [3.8, 4) is 0 Å². The van der Waals surface area contributed by atoms with E-state index < -0.39 is 0 Å². The quantitative estimate of drug-likeness (QED) is 0.491. The second kappa shape index (κ2) is 8.71. The van der Waals surface area contributed by atoms with Crippen LogP contribution in [0, 0.1) is 0 Å². The molecule has 3 aromatic rings. The Labute approximate surface area is 180 Å². The summed E-state index contributed by atoms with van der Waals surface area (Å²) in [7, 11) is 0. The van der Waals surface area contributed by atoms with Gasteiger partial charge in [0.2, 0.25) is 18.2 Å². The van der Waals surface area contributed by atoms with Crippen molar-refractivity contribution in [1.29, 1.82) is 0 Å². The van der Waals surface area contributed by atoms with Gasteiger partial charge in [0, 0.05) is 40.2 Å². The van der Waals surface area contributed by atoms with Crippen LogP contribution < -0.4 is 20.2 Å². The molecule has 0 fully saturated rings. The minimum Gasteiger partial charge on any atom is -0.875 e. The summed E-state index contributed by atoms with van der Waals surface area (Å²) in [6.07, 6.45) is 7.50. The first-order valence-electron chi connectivity index (χ1n) is 9.92. The fraction of sp³-hybridized carbons (Fsp3) is 0.0769. The number of carbonyl (C=O) groups excluding carboxylic acids is 1. The monoisotopic (exact) mass is 407 g/mol. The van der Waals surface area contributed by atoms with Gasteiger partial charge in [-0.3, -0.25) is 4.79 Å². The Bertz CT molecular complexity index is 1320. The number of amidine groups is 1. The van der Waals surface area contributed by atoms with Crippen LogP contribution in [0.2, 0.25) is 0 Å². The van der Waals surface area contributed by atoms with Gasteiger partial charge in [-0.1, -0.05) is 66.2 Å². The predicted molar refractivity (Wildman–Crippen MR) is 121 cm³/mol. The molecular weight excluding hydrogens is 386 g/mol. The molecule has 0 unspecified atom stereocenters. The number of allylic oxidation sites excluding steroid dienone is 1. The van der Waals surface area contributed by atoms with Crippen LogP contribution in [0.4, 0.5) is 0 Å². The van der Waals surface area contributed by atoms with Crippen molar-refractivity contribution in [1.82, 2.24) is 0 Å². The van der Waals surface area contributed by atoms with Crippen molar-refractivity contribution in [2.75, 3.05) is 0 Å². The number of aliphatic imine (C=N–C) groups is 1. The van der Waals surface area contributed by atoms with Gasteiger partial charge in [0.15, 0.2) is 5.78 Å². The minimum atomic E-state index is 0.0220. The molecule has 0 spiro atoms. The molecule has 0 amide bonds. The average Bonchev–Trinajstić information content (AvgIpc) is 2.80. The maximum absolute atomic E-state index is 11.7. The zero-order valence-corrected chi connectivity index (χ0v) is 17.3. The number of hydrogen-bond acceptors (Lipinski definition) is 3. The van der Waals surface area contributed by atoms with Gasteiger partial charge in [-0.25, -0.2) is 4.99 Å². The molecule has 152 valence electrons. The zero-order chi connectivity index (χ0) is 21.8. The minimum absolute atomic E-state index is 0.0220. The van der Waals surface area contributed by atoms with Crippen LogP contribution in [-0.4, -0.2) is 17.8 Å². The number of Topliss-reactive ketones (excluding diaryl/α,β-unsaturated/α-hetero) is 1. The Balaban J connectivity index is 1.86. The van der Waals surface area contributed by atoms with E-state index in [1.165, 1.54) is 0 Å². The van der Waals surface area contributed by atoms with E-state index in [1.807, 2.05) is 85.2 Å². The third-order valence-corrected chi connectivity index (χ3v) is 5.00. The Morgan fingerprint density at radius 1 is 0.935 bits per heavy atom. The summed E-state index contributed by atoms with van der Waals surface area (Å²) in [5, 5.41) is 17.8. The molecule has 0 N–H and O–H groups in total. The molecule has 1 aromatic heterocycles. The third-order valence-electron chi connectivity index (χ3n) is 5.00. The van der Waals surface area contributed by atoms with E-state index in [0.717, 1.165) is 21.9 Å². The molecule has 4 rings (SSSR count). The Morgan fingerprint density at radius 2 is 1.61 bits per heavy atom. The molecule has 0 radical (unpaired) electrons. The number of dihydropyridines is 1. The lowest BCUT2D eigenvalue weighted by atomic mass is 9.97. The maximum atomic E-state index is 11.7. The van der Waals surface area contributed by atoms with E-state index >= 15 is 0 Å². The van der Waals surface area contributed by atoms with Crippen LogP contribution in [0.25, 0.3) is 16.9 Å². The van der Waals surface area contributed by atoms with E-state index in [-0.39, 0.29) is 11.5 Å². The number of carbonyl (C=O) groups is 1. The molecule has 0 saturated carbocycles. The number of benzene rings is 2. The first-order chi connectivity index (χ1) is 15.0. The van der Waals surface area contributed by atoms with Gasteiger partial charge in [0.05, 0.1) is 0 Å². The molecule has 0 atom stereocenters. The summed E-state index contributed by atoms with van der Waals surface area (Å²) >= 11 is 0. The third kappa shape index (κ3) is 4.56. The Morgan fingerprint density at radius 3 is 2.23 bits per heavy atom. The first-order valence-corrected chi connectivity index (χ1v) is 9.92. The molecule has 2 aromatic carbocycles. The van der Waals surface area contributed by atoms with Gasteiger partial charge in [-0.05, 0) is 29.0 Å². The first kappa shape index (κ1) is 20.2. The van der Waals surface area contributed by atoms with E-state index in [4.69, 9.17) is 0 Å². The van der Waals surface area contributed by atoms with Gasteiger partial charge in [0.25, 0.3) is 0 Å². The lowest BCUT2D eigenvalue weighted by molar-refractivity contribution is -0.678. The molecule has 31 heavy (non-hydrogen) atoms. The van der Waals surface area contributed by atoms with Crippen molar-refractivity contribution in [3.63, 3.8) is 0 Å². The lowest BCUT2D eigenvalue weighted by Crippen LogP contribution is -2.28. The number of nitrogens with zero attached hydrogens (tertiary/aromatic N) is 3. The van der Waals surface area contributed by atoms with E-state index in [1.54, 1.807) is 24.7 Å². The molecular formula is C26H21N3O2. The van der Waals surface area contributed by atoms with Gasteiger partial charge in [-0.2, -0.15) is 0 Å². The summed E-state index contributed by atoms with van der Waals surface area (Å²) < 4.78 is 1.71. The summed E-state index contributed by atoms with van der Waals surface area (Å²) in [5.41, 5.74) is 3.33. The molecule has 5 heteroatoms. The number of hydrogen-bond donors (Lipinski definition) is 0. The van der Waals surface area contributed by atoms with Crippen LogP contribution in [0.5, 0.6) is 0 Å². The van der Waals surface area contributed by atoms with Crippen LogP contribution >= 0.6 is 0 Å². The maximum Gasteiger partial charge on any atom is 0.227 e. The van der Waals surface area contributed by atoms with Crippen LogP contribution in [0.15, 0.2) is 95.3 Å². The summed E-state index contributed by atoms with van der Waals surface area (Å²) in [4.78, 5) is 16.3. The topological polar surface area (TPSA) is 68.7 Å². The number of ketones is 1. The van der Waals surface area contributed by atoms with Crippen LogP contribution in [-0.2, 0) is 0 Å². The van der Waals surface area contributed by atoms with Gasteiger partial charge in [0.1, 0.15) is 0 Å². The van der Waals surface area contributed by atoms with Crippen molar-refractivity contribution < 1.29 is 14.6 Å². The molecule has 2 heterocycles. The molecule has 0 saturated heterocycles. The molecule has 1 aliphatic rings. The number of aromatic nitrogens is 1. The normalized spacial score (nSPS) is 14.5. The number of rotatable bonds is 3. The van der Waals surface area contributed by atoms with E-state index in [9.17, 15) is 9.90 Å². The summed E-state index contributed by atoms with van der Waals surface area (Å²) in [6, 6.07) is 20.6. The van der Waals surface area contributed by atoms with Crippen LogP contribution in [0.3, 0.4) is 0 Å². The van der Waals surface area contributed by atoms with Gasteiger partial charge in [-0.15, -0.1) is 5.76 Å². The van der Waals surface area contributed by atoms with E-state index in [0.29, 0.717) is 16.6 Å². The molecule has 0 bridgehead atoms. The van der Waals surface area contributed by atoms with Crippen molar-refractivity contribution in [3.05, 3.63) is 107 Å². The summed E-state index contributed by atoms with van der Waals surface area (Å²) in [6.45, 7) is 3.10. The van der Waals surface area contributed by atoms with E-state index in [2.05, 4.69) is 10.1 Å². The standard InChI is InChI=1S/C26H21N3O2/c1-18(30)20-6-10-22(11-7-20)24-16-25(23-12-8-21(9-13-23)19(2)31)26(27-17-24)28-29-14-4-3-5-15-29/h3-17H,1-2H3. The highest BCUT2D eigenvalue weighted by atomic mass is 16.3. The van der Waals surface area contributed by atoms with Crippen molar-refractivity contribution >= 4 is 34.7 Å². The predicted octanol–water partition coefficient (Wildman–Crippen LogP) is 1.85. The zero-order valence-electron chi connectivity index (χ0n) is 17.3. The second-order valence-electron chi connectivity index (χ2n) is 7.22. The lowest BCUT2D eigenvalue weighted by Gasteiger charge is -2.12. The summed E-state index contributed by atoms with van der Waals surface area (Å²) in [5.74, 6) is 0.620. The fourth-order valence-corrected chi connectivity index (χ4v) is 3.26. The largest absolute Gasteiger partial charge is 0.875 e. The van der Waals surface area contributed by atoms with Crippen LogP contribution in [0.1, 0.15) is 29.8 Å². The molecule has 1 aliphatic heterocycles. The molecule has 0 aliphatic carbocycles. The Hall–Kier alpha value is -4.12. The highest BCUT2D eigenvalue weighted by Gasteiger charge is 2.17. The smallest absolute Gasteiger partial charge is 0.227 e. The van der Waals surface area contributed by atoms with Crippen molar-refractivity contribution in [2.45, 2.75) is 13.8 Å². The number of pyridine rings is 1.